The van der Waals surface area contributed by atoms with Crippen LogP contribution < -0.4 is 16.2 Å². The van der Waals surface area contributed by atoms with Gasteiger partial charge in [0.1, 0.15) is 11.6 Å². The van der Waals surface area contributed by atoms with Crippen molar-refractivity contribution in [3.05, 3.63) is 30.1 Å². The SMILES string of the molecule is Nc1cc(N)nc(-c2ccc(OC(F)F)c(F)c2)n1. The zero-order chi connectivity index (χ0) is 14.0. The Bertz CT molecular complexity index is 586. The van der Waals surface area contributed by atoms with Crippen LogP contribution in [0.15, 0.2) is 24.3 Å². The van der Waals surface area contributed by atoms with Crippen LogP contribution in [0.4, 0.5) is 24.8 Å². The summed E-state index contributed by atoms with van der Waals surface area (Å²) in [6, 6.07) is 4.69. The number of halogens is 3. The van der Waals surface area contributed by atoms with Crippen LogP contribution in [0.1, 0.15) is 0 Å². The first-order chi connectivity index (χ1) is 8.95. The van der Waals surface area contributed by atoms with Crippen molar-refractivity contribution in [3.8, 4) is 17.1 Å². The molecule has 0 aliphatic carbocycles. The minimum atomic E-state index is -3.10. The highest BCUT2D eigenvalue weighted by atomic mass is 19.3. The summed E-state index contributed by atoms with van der Waals surface area (Å²) in [5.74, 6) is -1.18. The van der Waals surface area contributed by atoms with E-state index in [1.54, 1.807) is 0 Å². The molecular formula is C11H9F3N4O. The fraction of sp³-hybridized carbons (Fsp3) is 0.0909. The molecule has 0 fully saturated rings. The molecule has 0 aliphatic heterocycles. The van der Waals surface area contributed by atoms with E-state index >= 15 is 0 Å². The first-order valence-corrected chi connectivity index (χ1v) is 5.10. The second-order valence-electron chi connectivity index (χ2n) is 3.56. The Kier molecular flexibility index (Phi) is 3.41. The molecule has 4 N–H and O–H groups in total. The van der Waals surface area contributed by atoms with E-state index in [0.29, 0.717) is 0 Å². The number of hydrogen-bond acceptors (Lipinski definition) is 5. The molecule has 0 aliphatic rings. The number of aromatic nitrogens is 2. The molecule has 100 valence electrons. The topological polar surface area (TPSA) is 87.1 Å². The number of rotatable bonds is 3. The number of benzene rings is 1. The fourth-order valence-corrected chi connectivity index (χ4v) is 1.45. The maximum absolute atomic E-state index is 13.5. The third-order valence-corrected chi connectivity index (χ3v) is 2.17. The third kappa shape index (κ3) is 3.03. The van der Waals surface area contributed by atoms with Crippen LogP contribution in [0.2, 0.25) is 0 Å². The van der Waals surface area contributed by atoms with Crippen molar-refractivity contribution < 1.29 is 17.9 Å². The Morgan fingerprint density at radius 1 is 1.05 bits per heavy atom. The smallest absolute Gasteiger partial charge is 0.387 e. The second kappa shape index (κ2) is 5.01. The van der Waals surface area contributed by atoms with Crippen molar-refractivity contribution in [3.63, 3.8) is 0 Å². The number of ether oxygens (including phenoxy) is 1. The molecule has 1 aromatic carbocycles. The van der Waals surface area contributed by atoms with Gasteiger partial charge in [-0.3, -0.25) is 0 Å². The molecule has 0 saturated carbocycles. The molecule has 19 heavy (non-hydrogen) atoms. The molecule has 0 spiro atoms. The molecule has 0 radical (unpaired) electrons. The van der Waals surface area contributed by atoms with E-state index in [-0.39, 0.29) is 23.0 Å². The number of nitrogen functional groups attached to an aromatic ring is 2. The lowest BCUT2D eigenvalue weighted by Crippen LogP contribution is -2.04. The van der Waals surface area contributed by atoms with E-state index in [4.69, 9.17) is 11.5 Å². The van der Waals surface area contributed by atoms with Gasteiger partial charge in [-0.2, -0.15) is 8.78 Å². The van der Waals surface area contributed by atoms with Gasteiger partial charge in [-0.15, -0.1) is 0 Å². The van der Waals surface area contributed by atoms with E-state index in [1.807, 2.05) is 0 Å². The van der Waals surface area contributed by atoms with E-state index in [0.717, 1.165) is 12.1 Å². The average molecular weight is 270 g/mol. The Morgan fingerprint density at radius 2 is 1.68 bits per heavy atom. The predicted molar refractivity (Wildman–Crippen MR) is 62.9 cm³/mol. The lowest BCUT2D eigenvalue weighted by molar-refractivity contribution is -0.0521. The molecule has 5 nitrogen and oxygen atoms in total. The maximum atomic E-state index is 13.5. The van der Waals surface area contributed by atoms with Crippen LogP contribution in [0.25, 0.3) is 11.4 Å². The zero-order valence-electron chi connectivity index (χ0n) is 9.48. The van der Waals surface area contributed by atoms with Crippen LogP contribution in [0, 0.1) is 5.82 Å². The van der Waals surface area contributed by atoms with Crippen LogP contribution >= 0.6 is 0 Å². The highest BCUT2D eigenvalue weighted by Crippen LogP contribution is 2.25. The average Bonchev–Trinajstić information content (AvgIpc) is 2.30. The molecule has 1 heterocycles. The van der Waals surface area contributed by atoms with Crippen LogP contribution in [-0.4, -0.2) is 16.6 Å². The van der Waals surface area contributed by atoms with Crippen molar-refractivity contribution >= 4 is 11.6 Å². The normalized spacial score (nSPS) is 10.7. The van der Waals surface area contributed by atoms with E-state index in [2.05, 4.69) is 14.7 Å². The number of anilines is 2. The van der Waals surface area contributed by atoms with Gasteiger partial charge in [-0.1, -0.05) is 0 Å². The van der Waals surface area contributed by atoms with Gasteiger partial charge in [0.15, 0.2) is 17.4 Å². The first kappa shape index (κ1) is 12.9. The minimum Gasteiger partial charge on any atom is -0.432 e. The van der Waals surface area contributed by atoms with Gasteiger partial charge in [0.05, 0.1) is 0 Å². The summed E-state index contributed by atoms with van der Waals surface area (Å²) < 4.78 is 41.5. The Balaban J connectivity index is 2.38. The Hall–Kier alpha value is -2.51. The minimum absolute atomic E-state index is 0.0972. The summed E-state index contributed by atoms with van der Waals surface area (Å²) in [4.78, 5) is 7.73. The van der Waals surface area contributed by atoms with Gasteiger partial charge in [0.2, 0.25) is 0 Å². The Morgan fingerprint density at radius 3 is 2.21 bits per heavy atom. The summed E-state index contributed by atoms with van der Waals surface area (Å²) in [5.41, 5.74) is 11.2. The standard InChI is InChI=1S/C11H9F3N4O/c12-6-3-5(1-2-7(6)19-11(13)14)10-17-8(15)4-9(16)18-10/h1-4,11H,(H4,15,16,17,18). The summed E-state index contributed by atoms with van der Waals surface area (Å²) in [6.45, 7) is -3.10. The quantitative estimate of drug-likeness (QED) is 0.891. The number of nitrogens with zero attached hydrogens (tertiary/aromatic N) is 2. The molecule has 2 rings (SSSR count). The highest BCUT2D eigenvalue weighted by Gasteiger charge is 2.12. The van der Waals surface area contributed by atoms with Crippen LogP contribution in [0.3, 0.4) is 0 Å². The van der Waals surface area contributed by atoms with E-state index in [9.17, 15) is 13.2 Å². The van der Waals surface area contributed by atoms with Gasteiger partial charge in [-0.25, -0.2) is 14.4 Å². The number of alkyl halides is 2. The van der Waals surface area contributed by atoms with Gasteiger partial charge in [0.25, 0.3) is 0 Å². The molecule has 0 atom stereocenters. The van der Waals surface area contributed by atoms with Gasteiger partial charge in [-0.05, 0) is 18.2 Å². The molecule has 0 saturated heterocycles. The summed E-state index contributed by atoms with van der Waals surface area (Å²) in [5, 5.41) is 0. The van der Waals surface area contributed by atoms with Gasteiger partial charge < -0.3 is 16.2 Å². The lowest BCUT2D eigenvalue weighted by atomic mass is 10.2. The molecule has 1 aromatic heterocycles. The maximum Gasteiger partial charge on any atom is 0.387 e. The van der Waals surface area contributed by atoms with E-state index < -0.39 is 18.2 Å². The summed E-state index contributed by atoms with van der Waals surface area (Å²) in [6.07, 6.45) is 0. The fourth-order valence-electron chi connectivity index (χ4n) is 1.45. The van der Waals surface area contributed by atoms with Crippen molar-refractivity contribution in [2.45, 2.75) is 6.61 Å². The summed E-state index contributed by atoms with van der Waals surface area (Å²) >= 11 is 0. The predicted octanol–water partition coefficient (Wildman–Crippen LogP) is 2.05. The van der Waals surface area contributed by atoms with Crippen molar-refractivity contribution in [1.29, 1.82) is 0 Å². The second-order valence-corrected chi connectivity index (χ2v) is 3.56. The number of nitrogens with two attached hydrogens (primary N) is 2. The van der Waals surface area contributed by atoms with Crippen molar-refractivity contribution in [1.82, 2.24) is 9.97 Å². The van der Waals surface area contributed by atoms with Gasteiger partial charge >= 0.3 is 6.61 Å². The van der Waals surface area contributed by atoms with Crippen molar-refractivity contribution in [2.24, 2.45) is 0 Å². The number of hydrogen-bond donors (Lipinski definition) is 2. The first-order valence-electron chi connectivity index (χ1n) is 5.10. The Labute approximate surface area is 106 Å². The monoisotopic (exact) mass is 270 g/mol. The zero-order valence-corrected chi connectivity index (χ0v) is 9.48. The molecular weight excluding hydrogens is 261 g/mol. The molecule has 0 bridgehead atoms. The highest BCUT2D eigenvalue weighted by molar-refractivity contribution is 5.60. The summed E-state index contributed by atoms with van der Waals surface area (Å²) in [7, 11) is 0. The molecule has 8 heteroatoms. The molecule has 0 unspecified atom stereocenters. The third-order valence-electron chi connectivity index (χ3n) is 2.17. The lowest BCUT2D eigenvalue weighted by Gasteiger charge is -2.07. The van der Waals surface area contributed by atoms with E-state index in [1.165, 1.54) is 12.1 Å². The molecule has 2 aromatic rings. The van der Waals surface area contributed by atoms with Crippen LogP contribution in [-0.2, 0) is 0 Å². The van der Waals surface area contributed by atoms with Crippen LogP contribution in [0.5, 0.6) is 5.75 Å². The van der Waals surface area contributed by atoms with Gasteiger partial charge in [0, 0.05) is 11.6 Å². The largest absolute Gasteiger partial charge is 0.432 e. The molecule has 0 amide bonds. The van der Waals surface area contributed by atoms with Crippen molar-refractivity contribution in [2.75, 3.05) is 11.5 Å².